The molecule has 0 bridgehead atoms. The molecular weight excluding hydrogens is 292 g/mol. The lowest BCUT2D eigenvalue weighted by Crippen LogP contribution is -2.43. The van der Waals surface area contributed by atoms with Crippen molar-refractivity contribution in [2.75, 3.05) is 0 Å². The summed E-state index contributed by atoms with van der Waals surface area (Å²) < 4.78 is 0. The van der Waals surface area contributed by atoms with Gasteiger partial charge in [0.05, 0.1) is 5.41 Å². The molecule has 1 saturated carbocycles. The quantitative estimate of drug-likeness (QED) is 0.548. The van der Waals surface area contributed by atoms with Gasteiger partial charge >= 0.3 is 0 Å². The Balaban J connectivity index is 1.66. The van der Waals surface area contributed by atoms with Crippen molar-refractivity contribution in [3.05, 3.63) is 46.1 Å². The van der Waals surface area contributed by atoms with Crippen LogP contribution in [-0.4, -0.2) is 5.78 Å². The molecule has 126 valence electrons. The normalized spacial score (nSPS) is 43.5. The number of rotatable bonds is 0. The molecule has 0 aromatic rings. The van der Waals surface area contributed by atoms with Crippen molar-refractivity contribution in [2.24, 2.45) is 16.2 Å². The molecule has 0 aromatic carbocycles. The van der Waals surface area contributed by atoms with Gasteiger partial charge in [-0.2, -0.15) is 0 Å². The van der Waals surface area contributed by atoms with Crippen molar-refractivity contribution < 1.29 is 4.79 Å². The highest BCUT2D eigenvalue weighted by molar-refractivity contribution is 5.94. The molecule has 5 aliphatic carbocycles. The van der Waals surface area contributed by atoms with E-state index in [1.807, 2.05) is 0 Å². The van der Waals surface area contributed by atoms with Crippen LogP contribution in [-0.2, 0) is 4.79 Å². The molecule has 0 radical (unpaired) electrons. The van der Waals surface area contributed by atoms with Crippen LogP contribution in [0.2, 0.25) is 0 Å². The first-order chi connectivity index (χ1) is 11.4. The summed E-state index contributed by atoms with van der Waals surface area (Å²) in [5.74, 6) is 0.541. The first kappa shape index (κ1) is 14.9. The number of carbonyl (C=O) groups excluding carboxylic acids is 1. The van der Waals surface area contributed by atoms with Gasteiger partial charge in [-0.25, -0.2) is 0 Å². The predicted molar refractivity (Wildman–Crippen MR) is 97.5 cm³/mol. The van der Waals surface area contributed by atoms with E-state index >= 15 is 0 Å². The van der Waals surface area contributed by atoms with Gasteiger partial charge in [0, 0.05) is 11.8 Å². The summed E-state index contributed by atoms with van der Waals surface area (Å²) in [4.78, 5) is 13.0. The first-order valence-electron chi connectivity index (χ1n) is 9.75. The van der Waals surface area contributed by atoms with E-state index in [0.29, 0.717) is 5.78 Å². The maximum Gasteiger partial charge on any atom is 0.143 e. The van der Waals surface area contributed by atoms with E-state index in [0.717, 1.165) is 38.5 Å². The SMILES string of the molecule is CC1=CC2=CCC3=C(CCC45C(=O)CC[C@]4(C)CC=C35)C2(C)CC1. The van der Waals surface area contributed by atoms with Crippen molar-refractivity contribution >= 4 is 5.78 Å². The topological polar surface area (TPSA) is 17.1 Å². The fourth-order valence-corrected chi connectivity index (χ4v) is 6.74. The molecule has 2 unspecified atom stereocenters. The Bertz CT molecular complexity index is 789. The zero-order valence-electron chi connectivity index (χ0n) is 15.3. The van der Waals surface area contributed by atoms with Crippen molar-refractivity contribution in [1.29, 1.82) is 0 Å². The van der Waals surface area contributed by atoms with Crippen molar-refractivity contribution in [3.63, 3.8) is 0 Å². The Morgan fingerprint density at radius 3 is 2.67 bits per heavy atom. The second-order valence-electron chi connectivity index (χ2n) is 9.35. The van der Waals surface area contributed by atoms with Gasteiger partial charge in [0.2, 0.25) is 0 Å². The number of ketones is 1. The minimum absolute atomic E-state index is 0.131. The van der Waals surface area contributed by atoms with Gasteiger partial charge in [-0.1, -0.05) is 43.2 Å². The zero-order chi connectivity index (χ0) is 16.7. The number of fused-ring (bicyclic) bond motifs is 3. The highest BCUT2D eigenvalue weighted by Crippen LogP contribution is 2.69. The Morgan fingerprint density at radius 2 is 1.83 bits per heavy atom. The van der Waals surface area contributed by atoms with Gasteiger partial charge in [0.1, 0.15) is 5.78 Å². The average Bonchev–Trinajstić information content (AvgIpc) is 2.99. The molecule has 3 atom stereocenters. The third-order valence-corrected chi connectivity index (χ3v) is 8.32. The summed E-state index contributed by atoms with van der Waals surface area (Å²) in [6.45, 7) is 7.10. The molecule has 1 nitrogen and oxygen atoms in total. The Kier molecular flexibility index (Phi) is 2.75. The Hall–Kier alpha value is -1.37. The number of hydrogen-bond donors (Lipinski definition) is 0. The van der Waals surface area contributed by atoms with E-state index in [2.05, 4.69) is 39.0 Å². The fraction of sp³-hybridized carbons (Fsp3) is 0.609. The van der Waals surface area contributed by atoms with Gasteiger partial charge in [0.15, 0.2) is 0 Å². The highest BCUT2D eigenvalue weighted by atomic mass is 16.1. The zero-order valence-corrected chi connectivity index (χ0v) is 15.3. The summed E-state index contributed by atoms with van der Waals surface area (Å²) >= 11 is 0. The highest BCUT2D eigenvalue weighted by Gasteiger charge is 2.63. The molecule has 0 heterocycles. The molecule has 0 saturated heterocycles. The van der Waals surface area contributed by atoms with Crippen LogP contribution >= 0.6 is 0 Å². The van der Waals surface area contributed by atoms with E-state index in [9.17, 15) is 4.79 Å². The van der Waals surface area contributed by atoms with Crippen LogP contribution in [0.15, 0.2) is 46.1 Å². The summed E-state index contributed by atoms with van der Waals surface area (Å²) in [7, 11) is 0. The smallest absolute Gasteiger partial charge is 0.143 e. The number of Topliss-reactive ketones (excluding diaryl/α,β-unsaturated/α-hetero) is 1. The second kappa shape index (κ2) is 4.42. The van der Waals surface area contributed by atoms with Crippen LogP contribution in [0, 0.1) is 16.2 Å². The number of carbonyl (C=O) groups is 1. The van der Waals surface area contributed by atoms with Crippen molar-refractivity contribution in [2.45, 2.75) is 72.1 Å². The summed E-state index contributed by atoms with van der Waals surface area (Å²) in [5, 5.41) is 0. The van der Waals surface area contributed by atoms with Gasteiger partial charge in [-0.15, -0.1) is 0 Å². The van der Waals surface area contributed by atoms with Crippen LogP contribution in [0.1, 0.15) is 72.1 Å². The summed E-state index contributed by atoms with van der Waals surface area (Å²) in [5.41, 5.74) is 8.03. The summed E-state index contributed by atoms with van der Waals surface area (Å²) in [6, 6.07) is 0. The maximum atomic E-state index is 13.0. The van der Waals surface area contributed by atoms with Crippen LogP contribution < -0.4 is 0 Å². The molecule has 1 fully saturated rings. The molecule has 1 heteroatoms. The van der Waals surface area contributed by atoms with Gasteiger partial charge in [-0.05, 0) is 74.0 Å². The maximum absolute atomic E-state index is 13.0. The van der Waals surface area contributed by atoms with Gasteiger partial charge in [0.25, 0.3) is 0 Å². The van der Waals surface area contributed by atoms with Crippen LogP contribution in [0.3, 0.4) is 0 Å². The molecule has 0 amide bonds. The fourth-order valence-electron chi connectivity index (χ4n) is 6.74. The average molecular weight is 320 g/mol. The summed E-state index contributed by atoms with van der Waals surface area (Å²) in [6.07, 6.45) is 16.1. The lowest BCUT2D eigenvalue weighted by atomic mass is 9.53. The van der Waals surface area contributed by atoms with E-state index < -0.39 is 0 Å². The van der Waals surface area contributed by atoms with E-state index in [4.69, 9.17) is 0 Å². The monoisotopic (exact) mass is 320 g/mol. The molecule has 0 aliphatic heterocycles. The third kappa shape index (κ3) is 1.51. The number of hydrogen-bond acceptors (Lipinski definition) is 1. The van der Waals surface area contributed by atoms with E-state index in [-0.39, 0.29) is 16.2 Å². The largest absolute Gasteiger partial charge is 0.299 e. The number of allylic oxidation sites excluding steroid dienone is 8. The van der Waals surface area contributed by atoms with Gasteiger partial charge in [-0.3, -0.25) is 4.79 Å². The van der Waals surface area contributed by atoms with Crippen molar-refractivity contribution in [3.8, 4) is 0 Å². The molecule has 5 rings (SSSR count). The van der Waals surface area contributed by atoms with Crippen LogP contribution in [0.25, 0.3) is 0 Å². The molecule has 5 aliphatic rings. The predicted octanol–water partition coefficient (Wildman–Crippen LogP) is 5.84. The second-order valence-corrected chi connectivity index (χ2v) is 9.35. The van der Waals surface area contributed by atoms with E-state index in [1.54, 1.807) is 16.7 Å². The Morgan fingerprint density at radius 1 is 1.00 bits per heavy atom. The van der Waals surface area contributed by atoms with Crippen LogP contribution in [0.4, 0.5) is 0 Å². The van der Waals surface area contributed by atoms with Crippen LogP contribution in [0.5, 0.6) is 0 Å². The van der Waals surface area contributed by atoms with Gasteiger partial charge < -0.3 is 0 Å². The lowest BCUT2D eigenvalue weighted by molar-refractivity contribution is -0.127. The Labute approximate surface area is 145 Å². The molecule has 0 N–H and O–H groups in total. The molecule has 24 heavy (non-hydrogen) atoms. The van der Waals surface area contributed by atoms with E-state index in [1.165, 1.54) is 24.0 Å². The molecule has 0 aromatic heterocycles. The lowest BCUT2D eigenvalue weighted by Gasteiger charge is -2.49. The minimum atomic E-state index is -0.131. The third-order valence-electron chi connectivity index (χ3n) is 8.32. The van der Waals surface area contributed by atoms with Crippen molar-refractivity contribution in [1.82, 2.24) is 0 Å². The molecular formula is C23H28O. The first-order valence-corrected chi connectivity index (χ1v) is 9.75. The minimum Gasteiger partial charge on any atom is -0.299 e. The standard InChI is InChI=1S/C23H28O/c1-15-6-12-22(3)16(14-15)4-5-17-18(22)8-13-23-19(17)7-10-21(23,2)11-9-20(23)24/h4,7,14H,5-6,8-13H2,1-3H3/t21-,22?,23?/m0/s1. The molecule has 1 spiro atoms.